The number of carbonyl (C=O) groups excluding carboxylic acids is 1. The smallest absolute Gasteiger partial charge is 0.286 e. The molecule has 5 nitrogen and oxygen atoms in total. The topological polar surface area (TPSA) is 77.5 Å². The first-order chi connectivity index (χ1) is 6.34. The van der Waals surface area contributed by atoms with Crippen LogP contribution in [0.25, 0.3) is 0 Å². The maximum absolute atomic E-state index is 11.2. The van der Waals surface area contributed by atoms with Crippen LogP contribution in [-0.2, 0) is 4.84 Å². The average Bonchev–Trinajstić information content (AvgIpc) is 2.65. The normalized spacial score (nSPS) is 9.92. The predicted octanol–water partition coefficient (Wildman–Crippen LogP) is 0.290. The van der Waals surface area contributed by atoms with Gasteiger partial charge >= 0.3 is 0 Å². The molecule has 0 radical (unpaired) electrons. The Hall–Kier alpha value is -1.33. The van der Waals surface area contributed by atoms with Crippen LogP contribution in [0, 0.1) is 0 Å². The third-order valence-electron chi connectivity index (χ3n) is 1.47. The molecule has 5 heteroatoms. The summed E-state index contributed by atoms with van der Waals surface area (Å²) in [5.41, 5.74) is 0. The van der Waals surface area contributed by atoms with E-state index in [9.17, 15) is 4.79 Å². The quantitative estimate of drug-likeness (QED) is 0.509. The molecule has 0 aromatic carbocycles. The molecule has 0 bridgehead atoms. The van der Waals surface area contributed by atoms with Gasteiger partial charge in [0.25, 0.3) is 5.91 Å². The Kier molecular flexibility index (Phi) is 4.01. The van der Waals surface area contributed by atoms with Crippen molar-refractivity contribution in [1.29, 1.82) is 0 Å². The molecule has 0 aliphatic carbocycles. The van der Waals surface area contributed by atoms with Gasteiger partial charge in [0.15, 0.2) is 5.76 Å². The van der Waals surface area contributed by atoms with Crippen molar-refractivity contribution in [3.05, 3.63) is 24.2 Å². The molecule has 1 heterocycles. The summed E-state index contributed by atoms with van der Waals surface area (Å²) >= 11 is 0. The van der Waals surface area contributed by atoms with Gasteiger partial charge in [-0.1, -0.05) is 0 Å². The van der Waals surface area contributed by atoms with Crippen LogP contribution in [0.2, 0.25) is 0 Å². The van der Waals surface area contributed by atoms with Crippen LogP contribution in [0.15, 0.2) is 22.8 Å². The summed E-state index contributed by atoms with van der Waals surface area (Å²) in [6.45, 7) is 0.954. The molecule has 0 unspecified atom stereocenters. The molecule has 1 aromatic heterocycles. The molecule has 0 saturated heterocycles. The average molecular weight is 184 g/mol. The highest BCUT2D eigenvalue weighted by molar-refractivity contribution is 5.91. The van der Waals surface area contributed by atoms with Crippen LogP contribution in [0.4, 0.5) is 0 Å². The lowest BCUT2D eigenvalue weighted by Gasteiger charge is -2.01. The van der Waals surface area contributed by atoms with Crippen LogP contribution < -0.4 is 11.2 Å². The molecule has 0 aliphatic rings. The number of amides is 1. The second-order valence-corrected chi connectivity index (χ2v) is 2.46. The Morgan fingerprint density at radius 3 is 3.15 bits per heavy atom. The molecule has 0 spiro atoms. The molecule has 0 saturated carbocycles. The van der Waals surface area contributed by atoms with E-state index < -0.39 is 0 Å². The van der Waals surface area contributed by atoms with Crippen LogP contribution in [0.1, 0.15) is 17.0 Å². The van der Waals surface area contributed by atoms with Crippen LogP contribution >= 0.6 is 0 Å². The standard InChI is InChI=1S/C8H12N2O3/c9-13-6-2-4-10-8(11)7-3-1-5-12-7/h1,3,5H,2,4,6,9H2,(H,10,11). The number of rotatable bonds is 5. The molecule has 72 valence electrons. The number of carbonyl (C=O) groups is 1. The van der Waals surface area contributed by atoms with Crippen LogP contribution in [-0.4, -0.2) is 19.1 Å². The zero-order chi connectivity index (χ0) is 9.52. The maximum atomic E-state index is 11.2. The van der Waals surface area contributed by atoms with Crippen molar-refractivity contribution in [2.45, 2.75) is 6.42 Å². The van der Waals surface area contributed by atoms with Crippen molar-refractivity contribution in [3.8, 4) is 0 Å². The Morgan fingerprint density at radius 1 is 1.69 bits per heavy atom. The van der Waals surface area contributed by atoms with Crippen LogP contribution in [0.5, 0.6) is 0 Å². The molecule has 1 aromatic rings. The van der Waals surface area contributed by atoms with Gasteiger partial charge in [0, 0.05) is 6.54 Å². The van der Waals surface area contributed by atoms with E-state index in [1.54, 1.807) is 12.1 Å². The first-order valence-corrected chi connectivity index (χ1v) is 3.98. The minimum atomic E-state index is -0.220. The molecular formula is C8H12N2O3. The van der Waals surface area contributed by atoms with Gasteiger partial charge in [-0.05, 0) is 18.6 Å². The molecular weight excluding hydrogens is 172 g/mol. The van der Waals surface area contributed by atoms with Gasteiger partial charge in [-0.15, -0.1) is 0 Å². The summed E-state index contributed by atoms with van der Waals surface area (Å²) in [5, 5.41) is 2.65. The molecule has 0 fully saturated rings. The first-order valence-electron chi connectivity index (χ1n) is 3.98. The fourth-order valence-electron chi connectivity index (χ4n) is 0.852. The zero-order valence-corrected chi connectivity index (χ0v) is 7.16. The van der Waals surface area contributed by atoms with Gasteiger partial charge in [0.05, 0.1) is 12.9 Å². The molecule has 13 heavy (non-hydrogen) atoms. The highest BCUT2D eigenvalue weighted by Gasteiger charge is 2.05. The predicted molar refractivity (Wildman–Crippen MR) is 45.8 cm³/mol. The van der Waals surface area contributed by atoms with E-state index in [-0.39, 0.29) is 5.91 Å². The Labute approximate surface area is 75.8 Å². The van der Waals surface area contributed by atoms with Crippen molar-refractivity contribution in [2.24, 2.45) is 5.90 Å². The minimum Gasteiger partial charge on any atom is -0.459 e. The van der Waals surface area contributed by atoms with Crippen molar-refractivity contribution in [1.82, 2.24) is 5.32 Å². The van der Waals surface area contributed by atoms with E-state index in [0.717, 1.165) is 0 Å². The number of hydrogen-bond donors (Lipinski definition) is 2. The van der Waals surface area contributed by atoms with E-state index in [1.807, 2.05) is 0 Å². The fourth-order valence-corrected chi connectivity index (χ4v) is 0.852. The second-order valence-electron chi connectivity index (χ2n) is 2.46. The fraction of sp³-hybridized carbons (Fsp3) is 0.375. The second kappa shape index (κ2) is 5.34. The number of furan rings is 1. The SMILES string of the molecule is NOCCCNC(=O)c1ccco1. The summed E-state index contributed by atoms with van der Waals surface area (Å²) in [6.07, 6.45) is 2.14. The first kappa shape index (κ1) is 9.76. The highest BCUT2D eigenvalue weighted by atomic mass is 16.6. The number of hydrogen-bond acceptors (Lipinski definition) is 4. The Morgan fingerprint density at radius 2 is 2.54 bits per heavy atom. The van der Waals surface area contributed by atoms with Crippen molar-refractivity contribution in [3.63, 3.8) is 0 Å². The van der Waals surface area contributed by atoms with Gasteiger partial charge in [-0.3, -0.25) is 4.79 Å². The third-order valence-corrected chi connectivity index (χ3v) is 1.47. The summed E-state index contributed by atoms with van der Waals surface area (Å²) in [5.74, 6) is 4.90. The lowest BCUT2D eigenvalue weighted by molar-refractivity contribution is 0.0914. The van der Waals surface area contributed by atoms with Gasteiger partial charge in [0.2, 0.25) is 0 Å². The highest BCUT2D eigenvalue weighted by Crippen LogP contribution is 1.98. The lowest BCUT2D eigenvalue weighted by atomic mass is 10.4. The molecule has 1 rings (SSSR count). The Balaban J connectivity index is 2.19. The summed E-state index contributed by atoms with van der Waals surface area (Å²) < 4.78 is 4.88. The van der Waals surface area contributed by atoms with Crippen molar-refractivity contribution in [2.75, 3.05) is 13.2 Å². The molecule has 0 aliphatic heterocycles. The van der Waals surface area contributed by atoms with E-state index in [4.69, 9.17) is 10.3 Å². The van der Waals surface area contributed by atoms with Gasteiger partial charge < -0.3 is 14.6 Å². The summed E-state index contributed by atoms with van der Waals surface area (Å²) in [4.78, 5) is 15.5. The minimum absolute atomic E-state index is 0.220. The Bertz CT molecular complexity index is 246. The summed E-state index contributed by atoms with van der Waals surface area (Å²) in [6, 6.07) is 3.27. The zero-order valence-electron chi connectivity index (χ0n) is 7.16. The number of nitrogens with two attached hydrogens (primary N) is 1. The lowest BCUT2D eigenvalue weighted by Crippen LogP contribution is -2.25. The maximum Gasteiger partial charge on any atom is 0.286 e. The number of nitrogens with one attached hydrogen (secondary N) is 1. The van der Waals surface area contributed by atoms with Gasteiger partial charge in [-0.25, -0.2) is 5.90 Å². The van der Waals surface area contributed by atoms with Crippen molar-refractivity contribution < 1.29 is 14.0 Å². The van der Waals surface area contributed by atoms with Gasteiger partial charge in [-0.2, -0.15) is 0 Å². The van der Waals surface area contributed by atoms with E-state index in [2.05, 4.69) is 10.2 Å². The monoisotopic (exact) mass is 184 g/mol. The van der Waals surface area contributed by atoms with Crippen LogP contribution in [0.3, 0.4) is 0 Å². The van der Waals surface area contributed by atoms with E-state index >= 15 is 0 Å². The molecule has 3 N–H and O–H groups in total. The van der Waals surface area contributed by atoms with Crippen molar-refractivity contribution >= 4 is 5.91 Å². The summed E-state index contributed by atoms with van der Waals surface area (Å²) in [7, 11) is 0. The largest absolute Gasteiger partial charge is 0.459 e. The van der Waals surface area contributed by atoms with Gasteiger partial charge in [0.1, 0.15) is 0 Å². The third kappa shape index (κ3) is 3.27. The molecule has 0 atom stereocenters. The van der Waals surface area contributed by atoms with E-state index in [0.29, 0.717) is 25.3 Å². The molecule has 1 amide bonds. The van der Waals surface area contributed by atoms with E-state index in [1.165, 1.54) is 6.26 Å².